The first-order valence-corrected chi connectivity index (χ1v) is 7.61. The summed E-state index contributed by atoms with van der Waals surface area (Å²) in [5.74, 6) is 3.64. The van der Waals surface area contributed by atoms with Gasteiger partial charge < -0.3 is 5.43 Å². The summed E-state index contributed by atoms with van der Waals surface area (Å²) in [7, 11) is 0. The van der Waals surface area contributed by atoms with Crippen LogP contribution in [0.1, 0.15) is 33.7 Å². The lowest BCUT2D eigenvalue weighted by molar-refractivity contribution is -0.139. The van der Waals surface area contributed by atoms with Gasteiger partial charge in [0.25, 0.3) is 0 Å². The topological polar surface area (TPSA) is 38.0 Å². The van der Waals surface area contributed by atoms with Crippen LogP contribution in [0.2, 0.25) is 0 Å². The van der Waals surface area contributed by atoms with Crippen molar-refractivity contribution in [3.63, 3.8) is 0 Å². The molecule has 2 nitrogen and oxygen atoms in total. The summed E-state index contributed by atoms with van der Waals surface area (Å²) in [5.41, 5.74) is 6.88. The van der Waals surface area contributed by atoms with Crippen molar-refractivity contribution in [2.75, 3.05) is 5.43 Å². The van der Waals surface area contributed by atoms with Gasteiger partial charge >= 0.3 is 6.18 Å². The SMILES string of the molecule is Cc1cc(C(/C=C/c2ccc(NN)cc2)C(F)(F)F)cc(C)c1C. The van der Waals surface area contributed by atoms with Crippen molar-refractivity contribution in [3.8, 4) is 0 Å². The number of hydrogen-bond acceptors (Lipinski definition) is 2. The van der Waals surface area contributed by atoms with Crippen molar-refractivity contribution in [1.29, 1.82) is 0 Å². The zero-order chi connectivity index (χ0) is 17.9. The Morgan fingerprint density at radius 1 is 1.00 bits per heavy atom. The third-order valence-corrected chi connectivity index (χ3v) is 4.22. The first kappa shape index (κ1) is 18.1. The summed E-state index contributed by atoms with van der Waals surface area (Å²) in [6.45, 7) is 5.59. The minimum Gasteiger partial charge on any atom is -0.324 e. The number of nitrogen functional groups attached to an aromatic ring is 1. The van der Waals surface area contributed by atoms with Crippen molar-refractivity contribution in [2.45, 2.75) is 32.9 Å². The Morgan fingerprint density at radius 3 is 2.00 bits per heavy atom. The molecule has 0 saturated carbocycles. The number of hydrazine groups is 1. The smallest absolute Gasteiger partial charge is 0.324 e. The molecule has 5 heteroatoms. The Labute approximate surface area is 140 Å². The maximum Gasteiger partial charge on any atom is 0.399 e. The molecule has 2 aromatic rings. The summed E-state index contributed by atoms with van der Waals surface area (Å²) in [6.07, 6.45) is -1.65. The normalized spacial score (nSPS) is 13.3. The number of nitrogens with two attached hydrogens (primary N) is 1. The average molecular weight is 334 g/mol. The van der Waals surface area contributed by atoms with E-state index in [-0.39, 0.29) is 5.56 Å². The lowest BCUT2D eigenvalue weighted by Crippen LogP contribution is -2.19. The standard InChI is InChI=1S/C19H21F3N2/c1-12-10-16(11-13(2)14(12)3)18(19(20,21)22)9-6-15-4-7-17(24-23)8-5-15/h4-11,18,24H,23H2,1-3H3/b9-6+. The molecule has 0 heterocycles. The highest BCUT2D eigenvalue weighted by Gasteiger charge is 2.39. The molecule has 0 amide bonds. The van der Waals surface area contributed by atoms with Crippen molar-refractivity contribution in [3.05, 3.63) is 70.3 Å². The van der Waals surface area contributed by atoms with Gasteiger partial charge in [-0.25, -0.2) is 0 Å². The third-order valence-electron chi connectivity index (χ3n) is 4.22. The van der Waals surface area contributed by atoms with Gasteiger partial charge in [0.2, 0.25) is 0 Å². The number of anilines is 1. The van der Waals surface area contributed by atoms with Crippen LogP contribution in [0.5, 0.6) is 0 Å². The Bertz CT molecular complexity index is 708. The van der Waals surface area contributed by atoms with Crippen LogP contribution < -0.4 is 11.3 Å². The van der Waals surface area contributed by atoms with Gasteiger partial charge in [0.1, 0.15) is 0 Å². The predicted molar refractivity (Wildman–Crippen MR) is 92.7 cm³/mol. The van der Waals surface area contributed by atoms with E-state index in [1.54, 1.807) is 36.4 Å². The van der Waals surface area contributed by atoms with Gasteiger partial charge in [0, 0.05) is 5.69 Å². The monoisotopic (exact) mass is 334 g/mol. The van der Waals surface area contributed by atoms with Gasteiger partial charge in [-0.05, 0) is 60.7 Å². The summed E-state index contributed by atoms with van der Waals surface area (Å²) >= 11 is 0. The quantitative estimate of drug-likeness (QED) is 0.591. The number of benzene rings is 2. The first-order valence-electron chi connectivity index (χ1n) is 7.61. The molecule has 0 aromatic heterocycles. The molecule has 0 bridgehead atoms. The summed E-state index contributed by atoms with van der Waals surface area (Å²) < 4.78 is 40.5. The Hall–Kier alpha value is -2.27. The van der Waals surface area contributed by atoms with E-state index < -0.39 is 12.1 Å². The van der Waals surface area contributed by atoms with Crippen molar-refractivity contribution in [2.24, 2.45) is 5.84 Å². The van der Waals surface area contributed by atoms with E-state index in [0.717, 1.165) is 16.7 Å². The second-order valence-corrected chi connectivity index (χ2v) is 5.92. The Kier molecular flexibility index (Phi) is 5.34. The van der Waals surface area contributed by atoms with Gasteiger partial charge in [-0.1, -0.05) is 36.4 Å². The van der Waals surface area contributed by atoms with E-state index in [0.29, 0.717) is 11.3 Å². The van der Waals surface area contributed by atoms with Crippen LogP contribution in [-0.2, 0) is 0 Å². The molecule has 0 aliphatic rings. The van der Waals surface area contributed by atoms with Gasteiger partial charge in [-0.3, -0.25) is 5.84 Å². The molecule has 2 rings (SSSR count). The molecular weight excluding hydrogens is 313 g/mol. The van der Waals surface area contributed by atoms with E-state index >= 15 is 0 Å². The molecule has 0 spiro atoms. The minimum absolute atomic E-state index is 0.264. The lowest BCUT2D eigenvalue weighted by Gasteiger charge is -2.19. The summed E-state index contributed by atoms with van der Waals surface area (Å²) in [6, 6.07) is 10.1. The highest BCUT2D eigenvalue weighted by atomic mass is 19.4. The van der Waals surface area contributed by atoms with Crippen LogP contribution in [0.25, 0.3) is 6.08 Å². The zero-order valence-corrected chi connectivity index (χ0v) is 13.9. The van der Waals surface area contributed by atoms with E-state index in [1.807, 2.05) is 20.8 Å². The van der Waals surface area contributed by atoms with E-state index in [9.17, 15) is 13.2 Å². The molecule has 1 atom stereocenters. The number of alkyl halides is 3. The van der Waals surface area contributed by atoms with Gasteiger partial charge in [0.15, 0.2) is 0 Å². The first-order chi connectivity index (χ1) is 11.2. The fourth-order valence-electron chi connectivity index (χ4n) is 2.56. The van der Waals surface area contributed by atoms with Gasteiger partial charge in [0.05, 0.1) is 5.92 Å². The molecule has 0 fully saturated rings. The van der Waals surface area contributed by atoms with Crippen LogP contribution in [0.3, 0.4) is 0 Å². The molecular formula is C19H21F3N2. The number of allylic oxidation sites excluding steroid dienone is 1. The van der Waals surface area contributed by atoms with Gasteiger partial charge in [-0.15, -0.1) is 0 Å². The number of nitrogens with one attached hydrogen (secondary N) is 1. The molecule has 128 valence electrons. The van der Waals surface area contributed by atoms with E-state index in [2.05, 4.69) is 5.43 Å². The fraction of sp³-hybridized carbons (Fsp3) is 0.263. The molecule has 0 saturated heterocycles. The van der Waals surface area contributed by atoms with Crippen LogP contribution in [0, 0.1) is 20.8 Å². The Balaban J connectivity index is 2.37. The number of hydrogen-bond donors (Lipinski definition) is 2. The molecule has 24 heavy (non-hydrogen) atoms. The van der Waals surface area contributed by atoms with E-state index in [1.165, 1.54) is 12.2 Å². The lowest BCUT2D eigenvalue weighted by atomic mass is 9.91. The zero-order valence-electron chi connectivity index (χ0n) is 13.9. The van der Waals surface area contributed by atoms with Crippen LogP contribution in [-0.4, -0.2) is 6.18 Å². The predicted octanol–water partition coefficient (Wildman–Crippen LogP) is 5.26. The van der Waals surface area contributed by atoms with Gasteiger partial charge in [-0.2, -0.15) is 13.2 Å². The molecule has 1 unspecified atom stereocenters. The van der Waals surface area contributed by atoms with E-state index in [4.69, 9.17) is 5.84 Å². The van der Waals surface area contributed by atoms with Crippen molar-refractivity contribution >= 4 is 11.8 Å². The fourth-order valence-corrected chi connectivity index (χ4v) is 2.56. The summed E-state index contributed by atoms with van der Waals surface area (Å²) in [5, 5.41) is 0. The van der Waals surface area contributed by atoms with Crippen molar-refractivity contribution in [1.82, 2.24) is 0 Å². The number of aryl methyl sites for hydroxylation is 2. The second kappa shape index (κ2) is 7.09. The van der Waals surface area contributed by atoms with Crippen LogP contribution >= 0.6 is 0 Å². The largest absolute Gasteiger partial charge is 0.399 e. The Morgan fingerprint density at radius 2 is 1.54 bits per heavy atom. The minimum atomic E-state index is -4.34. The van der Waals surface area contributed by atoms with Crippen molar-refractivity contribution < 1.29 is 13.2 Å². The molecule has 0 aliphatic carbocycles. The highest BCUT2D eigenvalue weighted by molar-refractivity contribution is 5.56. The van der Waals surface area contributed by atoms with Crippen LogP contribution in [0.4, 0.5) is 18.9 Å². The molecule has 2 aromatic carbocycles. The number of rotatable bonds is 4. The number of halogens is 3. The second-order valence-electron chi connectivity index (χ2n) is 5.92. The molecule has 3 N–H and O–H groups in total. The highest BCUT2D eigenvalue weighted by Crippen LogP contribution is 2.37. The van der Waals surface area contributed by atoms with Crippen LogP contribution in [0.15, 0.2) is 42.5 Å². The average Bonchev–Trinajstić information content (AvgIpc) is 2.52. The molecule has 0 radical (unpaired) electrons. The third kappa shape index (κ3) is 4.17. The maximum atomic E-state index is 13.5. The maximum absolute atomic E-state index is 13.5. The molecule has 0 aliphatic heterocycles. The summed E-state index contributed by atoms with van der Waals surface area (Å²) in [4.78, 5) is 0.